The topological polar surface area (TPSA) is 45.0 Å². The standard InChI is InChI=1S/C16H18N2OS/c1-12-9-16(20-13(12)2)11-18-10-14-3-5-15(6-4-14)19-8-7-17/h3-6,9,18H,8,10-11H2,1-2H3. The molecule has 0 bridgehead atoms. The quantitative estimate of drug-likeness (QED) is 0.883. The average Bonchev–Trinajstić information content (AvgIpc) is 2.77. The van der Waals surface area contributed by atoms with Crippen molar-refractivity contribution in [3.05, 3.63) is 51.2 Å². The lowest BCUT2D eigenvalue weighted by molar-refractivity contribution is 0.368. The summed E-state index contributed by atoms with van der Waals surface area (Å²) in [6, 6.07) is 12.0. The number of nitriles is 1. The number of ether oxygens (including phenoxy) is 1. The first kappa shape index (κ1) is 14.6. The number of hydrogen-bond acceptors (Lipinski definition) is 4. The molecular formula is C16H18N2OS. The Morgan fingerprint density at radius 3 is 2.55 bits per heavy atom. The maximum absolute atomic E-state index is 8.44. The first-order valence-electron chi connectivity index (χ1n) is 6.54. The maximum Gasteiger partial charge on any atom is 0.174 e. The Morgan fingerprint density at radius 2 is 1.95 bits per heavy atom. The van der Waals surface area contributed by atoms with Crippen molar-refractivity contribution in [2.24, 2.45) is 0 Å². The average molecular weight is 286 g/mol. The number of hydrogen-bond donors (Lipinski definition) is 1. The monoisotopic (exact) mass is 286 g/mol. The van der Waals surface area contributed by atoms with Gasteiger partial charge in [-0.1, -0.05) is 12.1 Å². The molecule has 1 N–H and O–H groups in total. The predicted molar refractivity (Wildman–Crippen MR) is 81.9 cm³/mol. The van der Waals surface area contributed by atoms with Crippen molar-refractivity contribution in [2.45, 2.75) is 26.9 Å². The van der Waals surface area contributed by atoms with E-state index in [1.807, 2.05) is 41.7 Å². The van der Waals surface area contributed by atoms with Crippen molar-refractivity contribution in [2.75, 3.05) is 6.61 Å². The molecule has 1 aromatic heterocycles. The molecule has 0 saturated carbocycles. The molecule has 4 heteroatoms. The van der Waals surface area contributed by atoms with Gasteiger partial charge in [0.05, 0.1) is 0 Å². The molecular weight excluding hydrogens is 268 g/mol. The molecule has 1 aromatic carbocycles. The summed E-state index contributed by atoms with van der Waals surface area (Å²) in [7, 11) is 0. The molecule has 0 aliphatic rings. The van der Waals surface area contributed by atoms with Crippen LogP contribution in [0.5, 0.6) is 5.75 Å². The molecule has 0 spiro atoms. The zero-order chi connectivity index (χ0) is 14.4. The van der Waals surface area contributed by atoms with E-state index in [-0.39, 0.29) is 6.61 Å². The SMILES string of the molecule is Cc1cc(CNCc2ccc(OCC#N)cc2)sc1C. The van der Waals surface area contributed by atoms with Crippen molar-refractivity contribution >= 4 is 11.3 Å². The van der Waals surface area contributed by atoms with Crippen LogP contribution in [0.15, 0.2) is 30.3 Å². The summed E-state index contributed by atoms with van der Waals surface area (Å²) < 4.78 is 5.22. The van der Waals surface area contributed by atoms with Gasteiger partial charge < -0.3 is 10.1 Å². The molecule has 2 rings (SSSR count). The summed E-state index contributed by atoms with van der Waals surface area (Å²) in [6.07, 6.45) is 0. The van der Waals surface area contributed by atoms with Crippen LogP contribution in [0.1, 0.15) is 20.9 Å². The van der Waals surface area contributed by atoms with E-state index in [2.05, 4.69) is 25.2 Å². The van der Waals surface area contributed by atoms with Gasteiger partial charge in [0.1, 0.15) is 11.8 Å². The van der Waals surface area contributed by atoms with E-state index in [1.54, 1.807) is 0 Å². The van der Waals surface area contributed by atoms with Crippen molar-refractivity contribution < 1.29 is 4.74 Å². The number of nitrogens with zero attached hydrogens (tertiary/aromatic N) is 1. The Bertz CT molecular complexity index is 576. The summed E-state index contributed by atoms with van der Waals surface area (Å²) in [5.74, 6) is 0.736. The summed E-state index contributed by atoms with van der Waals surface area (Å²) in [5.41, 5.74) is 2.57. The lowest BCUT2D eigenvalue weighted by Crippen LogP contribution is -2.11. The zero-order valence-electron chi connectivity index (χ0n) is 11.8. The Kier molecular flexibility index (Phi) is 5.16. The van der Waals surface area contributed by atoms with E-state index in [0.29, 0.717) is 0 Å². The molecule has 0 saturated heterocycles. The van der Waals surface area contributed by atoms with Crippen molar-refractivity contribution in [1.29, 1.82) is 5.26 Å². The normalized spacial score (nSPS) is 10.2. The molecule has 0 aliphatic carbocycles. The molecule has 0 atom stereocenters. The highest BCUT2D eigenvalue weighted by molar-refractivity contribution is 7.12. The van der Waals surface area contributed by atoms with Crippen molar-refractivity contribution in [1.82, 2.24) is 5.32 Å². The van der Waals surface area contributed by atoms with Crippen LogP contribution < -0.4 is 10.1 Å². The Labute approximate surface area is 123 Å². The second kappa shape index (κ2) is 7.09. The van der Waals surface area contributed by atoms with Crippen LogP contribution in [-0.4, -0.2) is 6.61 Å². The van der Waals surface area contributed by atoms with Gasteiger partial charge in [0.2, 0.25) is 0 Å². The van der Waals surface area contributed by atoms with E-state index in [0.717, 1.165) is 18.8 Å². The Hall–Kier alpha value is -1.83. The number of aryl methyl sites for hydroxylation is 2. The van der Waals surface area contributed by atoms with Crippen molar-refractivity contribution in [3.8, 4) is 11.8 Å². The van der Waals surface area contributed by atoms with Crippen LogP contribution in [0.3, 0.4) is 0 Å². The van der Waals surface area contributed by atoms with Crippen LogP contribution in [0.25, 0.3) is 0 Å². The van der Waals surface area contributed by atoms with E-state index in [9.17, 15) is 0 Å². The number of thiophene rings is 1. The highest BCUT2D eigenvalue weighted by atomic mass is 32.1. The molecule has 0 radical (unpaired) electrons. The minimum absolute atomic E-state index is 0.0919. The molecule has 2 aromatic rings. The van der Waals surface area contributed by atoms with E-state index >= 15 is 0 Å². The highest BCUT2D eigenvalue weighted by Crippen LogP contribution is 2.20. The molecule has 0 unspecified atom stereocenters. The molecule has 104 valence electrons. The van der Waals surface area contributed by atoms with Crippen LogP contribution in [0, 0.1) is 25.2 Å². The Balaban J connectivity index is 1.80. The molecule has 0 aliphatic heterocycles. The van der Waals surface area contributed by atoms with Gasteiger partial charge in [0, 0.05) is 22.8 Å². The van der Waals surface area contributed by atoms with Crippen molar-refractivity contribution in [3.63, 3.8) is 0 Å². The van der Waals surface area contributed by atoms with Gasteiger partial charge in [-0.05, 0) is 43.2 Å². The highest BCUT2D eigenvalue weighted by Gasteiger charge is 2.01. The number of nitrogens with one attached hydrogen (secondary N) is 1. The van der Waals surface area contributed by atoms with Crippen LogP contribution >= 0.6 is 11.3 Å². The van der Waals surface area contributed by atoms with Gasteiger partial charge in [0.15, 0.2) is 6.61 Å². The number of rotatable bonds is 6. The molecule has 1 heterocycles. The minimum Gasteiger partial charge on any atom is -0.479 e. The summed E-state index contributed by atoms with van der Waals surface area (Å²) in [6.45, 7) is 6.12. The van der Waals surface area contributed by atoms with Crippen LogP contribution in [0.2, 0.25) is 0 Å². The fraction of sp³-hybridized carbons (Fsp3) is 0.312. The van der Waals surface area contributed by atoms with Gasteiger partial charge in [-0.25, -0.2) is 0 Å². The van der Waals surface area contributed by atoms with E-state index < -0.39 is 0 Å². The molecule has 3 nitrogen and oxygen atoms in total. The largest absolute Gasteiger partial charge is 0.479 e. The fourth-order valence-corrected chi connectivity index (χ4v) is 2.91. The summed E-state index contributed by atoms with van der Waals surface area (Å²) in [5, 5.41) is 11.9. The number of benzene rings is 1. The third kappa shape index (κ3) is 4.09. The van der Waals surface area contributed by atoms with Gasteiger partial charge >= 0.3 is 0 Å². The molecule has 0 amide bonds. The minimum atomic E-state index is 0.0919. The van der Waals surface area contributed by atoms with Gasteiger partial charge in [-0.2, -0.15) is 5.26 Å². The molecule has 0 fully saturated rings. The summed E-state index contributed by atoms with van der Waals surface area (Å²) in [4.78, 5) is 2.76. The first-order valence-corrected chi connectivity index (χ1v) is 7.36. The van der Waals surface area contributed by atoms with E-state index in [1.165, 1.54) is 20.9 Å². The van der Waals surface area contributed by atoms with E-state index in [4.69, 9.17) is 10.00 Å². The molecule has 20 heavy (non-hydrogen) atoms. The van der Waals surface area contributed by atoms with Crippen LogP contribution in [0.4, 0.5) is 0 Å². The third-order valence-corrected chi connectivity index (χ3v) is 4.22. The summed E-state index contributed by atoms with van der Waals surface area (Å²) >= 11 is 1.85. The zero-order valence-corrected chi connectivity index (χ0v) is 12.6. The lowest BCUT2D eigenvalue weighted by atomic mass is 10.2. The van der Waals surface area contributed by atoms with Gasteiger partial charge in [0.25, 0.3) is 0 Å². The van der Waals surface area contributed by atoms with Gasteiger partial charge in [-0.3, -0.25) is 0 Å². The predicted octanol–water partition coefficient (Wildman–Crippen LogP) is 3.56. The third-order valence-electron chi connectivity index (χ3n) is 3.07. The lowest BCUT2D eigenvalue weighted by Gasteiger charge is -2.05. The second-order valence-electron chi connectivity index (χ2n) is 4.65. The maximum atomic E-state index is 8.44. The van der Waals surface area contributed by atoms with Gasteiger partial charge in [-0.15, -0.1) is 11.3 Å². The Morgan fingerprint density at radius 1 is 1.20 bits per heavy atom. The first-order chi connectivity index (χ1) is 9.69. The fourth-order valence-electron chi connectivity index (χ4n) is 1.89. The van der Waals surface area contributed by atoms with Crippen LogP contribution in [-0.2, 0) is 13.1 Å². The second-order valence-corrected chi connectivity index (χ2v) is 5.99. The smallest absolute Gasteiger partial charge is 0.174 e.